The number of benzene rings is 1. The van der Waals surface area contributed by atoms with E-state index in [4.69, 9.17) is 4.74 Å². The third-order valence-corrected chi connectivity index (χ3v) is 4.49. The molecule has 0 saturated carbocycles. The Morgan fingerprint density at radius 2 is 1.83 bits per heavy atom. The highest BCUT2D eigenvalue weighted by atomic mass is 32.2. The molecule has 0 heterocycles. The number of esters is 1. The fraction of sp³-hybridized carbons (Fsp3) is 0.529. The Kier molecular flexibility index (Phi) is 9.17. The Morgan fingerprint density at radius 3 is 2.35 bits per heavy atom. The summed E-state index contributed by atoms with van der Waals surface area (Å²) in [5.74, 6) is 0.273. The smallest absolute Gasteiger partial charge is 0.328 e. The van der Waals surface area contributed by atoms with Gasteiger partial charge in [-0.1, -0.05) is 12.1 Å². The van der Waals surface area contributed by atoms with Gasteiger partial charge < -0.3 is 10.1 Å². The number of ether oxygens (including phenoxy) is 1. The van der Waals surface area contributed by atoms with E-state index in [1.165, 1.54) is 0 Å². The maximum Gasteiger partial charge on any atom is 0.328 e. The van der Waals surface area contributed by atoms with E-state index >= 15 is 0 Å². The number of thioether (sulfide) groups is 2. The van der Waals surface area contributed by atoms with Crippen molar-refractivity contribution in [2.24, 2.45) is 0 Å². The van der Waals surface area contributed by atoms with Gasteiger partial charge in [0, 0.05) is 4.90 Å². The van der Waals surface area contributed by atoms with E-state index in [-0.39, 0.29) is 24.4 Å². The van der Waals surface area contributed by atoms with E-state index in [2.05, 4.69) is 5.32 Å². The van der Waals surface area contributed by atoms with Gasteiger partial charge in [0.1, 0.15) is 6.04 Å². The third kappa shape index (κ3) is 7.79. The van der Waals surface area contributed by atoms with Gasteiger partial charge in [0.05, 0.1) is 12.5 Å². The molecule has 1 aromatic carbocycles. The van der Waals surface area contributed by atoms with Crippen molar-refractivity contribution in [1.82, 2.24) is 5.32 Å². The number of carbonyl (C=O) groups is 2. The van der Waals surface area contributed by atoms with Gasteiger partial charge in [-0.05, 0) is 56.2 Å². The molecular formula is C17H25NO3S2. The molecule has 0 aromatic heterocycles. The first-order valence-corrected chi connectivity index (χ1v) is 10.2. The van der Waals surface area contributed by atoms with Crippen molar-refractivity contribution < 1.29 is 14.3 Å². The zero-order chi connectivity index (χ0) is 17.2. The minimum atomic E-state index is -0.581. The van der Waals surface area contributed by atoms with Crippen LogP contribution in [0.5, 0.6) is 0 Å². The molecule has 0 aliphatic carbocycles. The lowest BCUT2D eigenvalue weighted by Gasteiger charge is -2.19. The lowest BCUT2D eigenvalue weighted by Crippen LogP contribution is -2.43. The molecule has 0 bridgehead atoms. The van der Waals surface area contributed by atoms with Crippen molar-refractivity contribution in [2.45, 2.75) is 43.7 Å². The third-order valence-electron chi connectivity index (χ3n) is 3.11. The average Bonchev–Trinajstić information content (AvgIpc) is 2.51. The molecule has 0 saturated heterocycles. The number of hydrogen-bond acceptors (Lipinski definition) is 5. The molecule has 1 amide bonds. The zero-order valence-electron chi connectivity index (χ0n) is 14.1. The minimum Gasteiger partial charge on any atom is -0.461 e. The van der Waals surface area contributed by atoms with Gasteiger partial charge in [-0.15, -0.1) is 11.8 Å². The Labute approximate surface area is 147 Å². The first-order chi connectivity index (χ1) is 11.0. The number of amides is 1. The molecule has 23 heavy (non-hydrogen) atoms. The van der Waals surface area contributed by atoms with Gasteiger partial charge in [0.25, 0.3) is 0 Å². The number of hydrogen-bond donors (Lipinski definition) is 1. The second-order valence-electron chi connectivity index (χ2n) is 5.41. The second-order valence-corrected chi connectivity index (χ2v) is 7.28. The fourth-order valence-corrected chi connectivity index (χ4v) is 2.85. The minimum absolute atomic E-state index is 0.159. The van der Waals surface area contributed by atoms with Gasteiger partial charge >= 0.3 is 5.97 Å². The molecule has 1 aromatic rings. The van der Waals surface area contributed by atoms with Crippen LogP contribution < -0.4 is 5.32 Å². The van der Waals surface area contributed by atoms with Gasteiger partial charge in [-0.25, -0.2) is 4.79 Å². The molecule has 128 valence electrons. The van der Waals surface area contributed by atoms with Crippen LogP contribution in [-0.4, -0.2) is 42.3 Å². The van der Waals surface area contributed by atoms with Crippen LogP contribution in [0.3, 0.4) is 0 Å². The molecule has 1 rings (SSSR count). The summed E-state index contributed by atoms with van der Waals surface area (Å²) in [6.45, 7) is 3.61. The lowest BCUT2D eigenvalue weighted by atomic mass is 10.1. The largest absolute Gasteiger partial charge is 0.461 e. The maximum absolute atomic E-state index is 12.2. The van der Waals surface area contributed by atoms with E-state index in [9.17, 15) is 9.59 Å². The number of nitrogens with one attached hydrogen (secondary N) is 1. The Bertz CT molecular complexity index is 503. The van der Waals surface area contributed by atoms with E-state index in [0.29, 0.717) is 6.42 Å². The van der Waals surface area contributed by atoms with E-state index in [1.54, 1.807) is 37.4 Å². The predicted octanol–water partition coefficient (Wildman–Crippen LogP) is 3.14. The van der Waals surface area contributed by atoms with Crippen LogP contribution in [-0.2, 0) is 20.7 Å². The van der Waals surface area contributed by atoms with Crippen LogP contribution in [0.15, 0.2) is 29.2 Å². The van der Waals surface area contributed by atoms with E-state index in [0.717, 1.165) is 16.2 Å². The van der Waals surface area contributed by atoms with E-state index < -0.39 is 6.04 Å². The van der Waals surface area contributed by atoms with Crippen molar-refractivity contribution in [3.63, 3.8) is 0 Å². The van der Waals surface area contributed by atoms with Crippen LogP contribution in [0.4, 0.5) is 0 Å². The Morgan fingerprint density at radius 1 is 1.17 bits per heavy atom. The summed E-state index contributed by atoms with van der Waals surface area (Å²) in [5, 5.41) is 2.80. The summed E-state index contributed by atoms with van der Waals surface area (Å²) in [7, 11) is 0. The summed E-state index contributed by atoms with van der Waals surface area (Å²) in [4.78, 5) is 25.4. The zero-order valence-corrected chi connectivity index (χ0v) is 15.8. The normalized spacial score (nSPS) is 12.0. The molecule has 0 aliphatic heterocycles. The fourth-order valence-electron chi connectivity index (χ4n) is 1.97. The average molecular weight is 356 g/mol. The molecule has 4 nitrogen and oxygen atoms in total. The summed E-state index contributed by atoms with van der Waals surface area (Å²) < 4.78 is 5.23. The molecule has 0 radical (unpaired) electrons. The van der Waals surface area contributed by atoms with Crippen molar-refractivity contribution >= 4 is 35.4 Å². The predicted molar refractivity (Wildman–Crippen MR) is 98.1 cm³/mol. The highest BCUT2D eigenvalue weighted by molar-refractivity contribution is 7.98. The number of carbonyl (C=O) groups excluding carboxylic acids is 2. The topological polar surface area (TPSA) is 55.4 Å². The molecule has 0 fully saturated rings. The maximum atomic E-state index is 12.2. The van der Waals surface area contributed by atoms with Crippen LogP contribution >= 0.6 is 23.5 Å². The first-order valence-electron chi connectivity index (χ1n) is 7.58. The summed E-state index contributed by atoms with van der Waals surface area (Å²) in [6.07, 6.45) is 4.64. The molecule has 1 atom stereocenters. The van der Waals surface area contributed by atoms with Crippen LogP contribution in [0.25, 0.3) is 0 Å². The SMILES string of the molecule is CSCCC(NC(=O)Cc1ccc(SC)cc1)C(=O)OC(C)C. The Balaban J connectivity index is 2.61. The monoisotopic (exact) mass is 355 g/mol. The first kappa shape index (κ1) is 19.9. The summed E-state index contributed by atoms with van der Waals surface area (Å²) in [5.41, 5.74) is 0.932. The quantitative estimate of drug-likeness (QED) is 0.545. The summed E-state index contributed by atoms with van der Waals surface area (Å²) >= 11 is 3.30. The molecular weight excluding hydrogens is 330 g/mol. The van der Waals surface area contributed by atoms with Gasteiger partial charge in [0.2, 0.25) is 5.91 Å². The van der Waals surface area contributed by atoms with Crippen molar-refractivity contribution in [3.8, 4) is 0 Å². The standard InChI is InChI=1S/C17H25NO3S2/c1-12(2)21-17(20)15(9-10-22-3)18-16(19)11-13-5-7-14(23-4)8-6-13/h5-8,12,15H,9-11H2,1-4H3,(H,18,19). The van der Waals surface area contributed by atoms with Gasteiger partial charge in [-0.3, -0.25) is 4.79 Å². The molecule has 6 heteroatoms. The number of rotatable bonds is 9. The van der Waals surface area contributed by atoms with Crippen molar-refractivity contribution in [3.05, 3.63) is 29.8 Å². The highest BCUT2D eigenvalue weighted by Gasteiger charge is 2.22. The molecule has 0 aliphatic rings. The highest BCUT2D eigenvalue weighted by Crippen LogP contribution is 2.15. The second kappa shape index (κ2) is 10.6. The molecule has 1 N–H and O–H groups in total. The van der Waals surface area contributed by atoms with E-state index in [1.807, 2.05) is 36.8 Å². The van der Waals surface area contributed by atoms with Gasteiger partial charge in [-0.2, -0.15) is 11.8 Å². The van der Waals surface area contributed by atoms with Crippen molar-refractivity contribution in [2.75, 3.05) is 18.3 Å². The summed E-state index contributed by atoms with van der Waals surface area (Å²) in [6, 6.07) is 7.28. The van der Waals surface area contributed by atoms with Gasteiger partial charge in [0.15, 0.2) is 0 Å². The van der Waals surface area contributed by atoms with Crippen LogP contribution in [0.1, 0.15) is 25.8 Å². The molecule has 0 spiro atoms. The van der Waals surface area contributed by atoms with Crippen LogP contribution in [0, 0.1) is 0 Å². The Hall–Kier alpha value is -1.14. The van der Waals surface area contributed by atoms with Crippen LogP contribution in [0.2, 0.25) is 0 Å². The molecule has 1 unspecified atom stereocenters. The van der Waals surface area contributed by atoms with Crippen molar-refractivity contribution in [1.29, 1.82) is 0 Å². The lowest BCUT2D eigenvalue weighted by molar-refractivity contribution is -0.151.